The Morgan fingerprint density at radius 2 is 1.83 bits per heavy atom. The topological polar surface area (TPSA) is 118 Å². The van der Waals surface area contributed by atoms with Crippen molar-refractivity contribution in [1.29, 1.82) is 0 Å². The predicted molar refractivity (Wildman–Crippen MR) is 109 cm³/mol. The SMILES string of the molecule is N/C(=N\OCCO)C(Cc1ccc(OC(F)F)cc1)NC(=O)Nc1ccc(Cl)cc1. The van der Waals surface area contributed by atoms with E-state index in [9.17, 15) is 13.6 Å². The lowest BCUT2D eigenvalue weighted by Gasteiger charge is -2.19. The zero-order valence-corrected chi connectivity index (χ0v) is 16.5. The molecule has 162 valence electrons. The molecule has 30 heavy (non-hydrogen) atoms. The molecular weight excluding hydrogens is 422 g/mol. The highest BCUT2D eigenvalue weighted by atomic mass is 35.5. The number of urea groups is 1. The van der Waals surface area contributed by atoms with E-state index in [0.29, 0.717) is 16.3 Å². The first-order valence-electron chi connectivity index (χ1n) is 8.80. The molecule has 0 bridgehead atoms. The summed E-state index contributed by atoms with van der Waals surface area (Å²) in [5, 5.41) is 18.3. The number of halogens is 3. The quantitative estimate of drug-likeness (QED) is 0.195. The lowest BCUT2D eigenvalue weighted by molar-refractivity contribution is -0.0498. The summed E-state index contributed by atoms with van der Waals surface area (Å²) in [6.45, 7) is -3.24. The number of benzene rings is 2. The maximum atomic E-state index is 12.4. The lowest BCUT2D eigenvalue weighted by atomic mass is 10.1. The van der Waals surface area contributed by atoms with Crippen molar-refractivity contribution in [1.82, 2.24) is 5.32 Å². The molecule has 2 aromatic rings. The Hall–Kier alpha value is -3.11. The molecule has 0 spiro atoms. The number of nitrogens with zero attached hydrogens (tertiary/aromatic N) is 1. The molecule has 2 aromatic carbocycles. The van der Waals surface area contributed by atoms with Gasteiger partial charge in [0, 0.05) is 17.1 Å². The number of hydrogen-bond donors (Lipinski definition) is 4. The van der Waals surface area contributed by atoms with Crippen LogP contribution < -0.4 is 21.1 Å². The standard InChI is InChI=1S/C19H21ClF2N4O4/c20-13-3-5-14(6-4-13)24-19(28)25-16(17(23)26-29-10-9-27)11-12-1-7-15(8-2-12)30-18(21)22/h1-8,16,18,27H,9-11H2,(H2,23,26)(H2,24,25,28). The summed E-state index contributed by atoms with van der Waals surface area (Å²) in [5.74, 6) is -0.0331. The van der Waals surface area contributed by atoms with Crippen LogP contribution in [0.1, 0.15) is 5.56 Å². The molecule has 0 saturated carbocycles. The highest BCUT2D eigenvalue weighted by Gasteiger charge is 2.18. The zero-order valence-electron chi connectivity index (χ0n) is 15.7. The first-order chi connectivity index (χ1) is 14.4. The van der Waals surface area contributed by atoms with Gasteiger partial charge in [0.05, 0.1) is 12.6 Å². The van der Waals surface area contributed by atoms with Crippen molar-refractivity contribution in [2.45, 2.75) is 19.1 Å². The van der Waals surface area contributed by atoms with E-state index >= 15 is 0 Å². The third kappa shape index (κ3) is 8.10. The fourth-order valence-corrected chi connectivity index (χ4v) is 2.48. The molecule has 1 unspecified atom stereocenters. The number of carbonyl (C=O) groups excluding carboxylic acids is 1. The summed E-state index contributed by atoms with van der Waals surface area (Å²) in [6, 6.07) is 11.0. The molecule has 0 radical (unpaired) electrons. The first-order valence-corrected chi connectivity index (χ1v) is 9.18. The van der Waals surface area contributed by atoms with Crippen LogP contribution in [-0.2, 0) is 11.3 Å². The monoisotopic (exact) mass is 442 g/mol. The van der Waals surface area contributed by atoms with Crippen LogP contribution in [0, 0.1) is 0 Å². The number of hydrogen-bond acceptors (Lipinski definition) is 5. The lowest BCUT2D eigenvalue weighted by Crippen LogP contribution is -2.47. The van der Waals surface area contributed by atoms with E-state index in [1.807, 2.05) is 0 Å². The van der Waals surface area contributed by atoms with Gasteiger partial charge in [0.1, 0.15) is 12.4 Å². The summed E-state index contributed by atoms with van der Waals surface area (Å²) in [6.07, 6.45) is 0.195. The number of rotatable bonds is 10. The van der Waals surface area contributed by atoms with E-state index in [4.69, 9.17) is 27.3 Å². The van der Waals surface area contributed by atoms with Crippen molar-refractivity contribution < 1.29 is 28.3 Å². The van der Waals surface area contributed by atoms with Crippen LogP contribution in [0.15, 0.2) is 53.7 Å². The molecule has 8 nitrogen and oxygen atoms in total. The molecule has 11 heteroatoms. The average molecular weight is 443 g/mol. The summed E-state index contributed by atoms with van der Waals surface area (Å²) in [4.78, 5) is 17.2. The van der Waals surface area contributed by atoms with E-state index in [1.165, 1.54) is 12.1 Å². The van der Waals surface area contributed by atoms with Crippen molar-refractivity contribution >= 4 is 29.2 Å². The molecule has 0 saturated heterocycles. The summed E-state index contributed by atoms with van der Waals surface area (Å²) in [7, 11) is 0. The fraction of sp³-hybridized carbons (Fsp3) is 0.263. The molecule has 2 rings (SSSR count). The number of nitrogens with one attached hydrogen (secondary N) is 2. The number of oxime groups is 1. The van der Waals surface area contributed by atoms with Gasteiger partial charge in [-0.1, -0.05) is 28.9 Å². The van der Waals surface area contributed by atoms with Gasteiger partial charge in [-0.3, -0.25) is 0 Å². The minimum absolute atomic E-state index is 0.00617. The molecule has 0 aliphatic heterocycles. The van der Waals surface area contributed by atoms with Gasteiger partial charge in [0.2, 0.25) is 0 Å². The van der Waals surface area contributed by atoms with Gasteiger partial charge in [0.15, 0.2) is 5.84 Å². The number of alkyl halides is 2. The van der Waals surface area contributed by atoms with Crippen LogP contribution >= 0.6 is 11.6 Å². The average Bonchev–Trinajstić information content (AvgIpc) is 2.70. The Labute approximate surface area is 176 Å². The third-order valence-electron chi connectivity index (χ3n) is 3.71. The number of nitrogens with two attached hydrogens (primary N) is 1. The van der Waals surface area contributed by atoms with Gasteiger partial charge in [-0.2, -0.15) is 8.78 Å². The number of amidine groups is 1. The molecule has 2 amide bonds. The molecule has 0 aliphatic rings. The number of amides is 2. The molecular formula is C19H21ClF2N4O4. The number of aliphatic hydroxyl groups is 1. The number of anilines is 1. The summed E-state index contributed by atoms with van der Waals surface area (Å²) in [5.41, 5.74) is 7.11. The normalized spacial score (nSPS) is 12.4. The first kappa shape index (κ1) is 23.2. The van der Waals surface area contributed by atoms with Gasteiger partial charge in [0.25, 0.3) is 0 Å². The van der Waals surface area contributed by atoms with Gasteiger partial charge in [-0.25, -0.2) is 4.79 Å². The van der Waals surface area contributed by atoms with Gasteiger partial charge < -0.3 is 31.0 Å². The van der Waals surface area contributed by atoms with Crippen LogP contribution in [0.2, 0.25) is 5.02 Å². The second-order valence-corrected chi connectivity index (χ2v) is 6.39. The van der Waals surface area contributed by atoms with Crippen molar-refractivity contribution in [2.24, 2.45) is 10.9 Å². The zero-order chi connectivity index (χ0) is 21.9. The second-order valence-electron chi connectivity index (χ2n) is 5.96. The van der Waals surface area contributed by atoms with Crippen LogP contribution in [0.3, 0.4) is 0 Å². The van der Waals surface area contributed by atoms with E-state index in [-0.39, 0.29) is 31.2 Å². The van der Waals surface area contributed by atoms with Crippen LogP contribution in [0.4, 0.5) is 19.3 Å². The Balaban J connectivity index is 2.08. The Morgan fingerprint density at radius 1 is 1.17 bits per heavy atom. The summed E-state index contributed by atoms with van der Waals surface area (Å²) >= 11 is 5.82. The van der Waals surface area contributed by atoms with Crippen molar-refractivity contribution in [3.8, 4) is 5.75 Å². The summed E-state index contributed by atoms with van der Waals surface area (Å²) < 4.78 is 28.9. The van der Waals surface area contributed by atoms with E-state index in [0.717, 1.165) is 0 Å². The molecule has 0 aliphatic carbocycles. The number of aliphatic hydroxyl groups excluding tert-OH is 1. The van der Waals surface area contributed by atoms with Crippen molar-refractivity contribution in [3.05, 3.63) is 59.1 Å². The van der Waals surface area contributed by atoms with Crippen LogP contribution in [0.5, 0.6) is 5.75 Å². The third-order valence-corrected chi connectivity index (χ3v) is 3.96. The number of ether oxygens (including phenoxy) is 1. The van der Waals surface area contributed by atoms with Crippen LogP contribution in [0.25, 0.3) is 0 Å². The second kappa shape index (κ2) is 11.8. The molecule has 1 atom stereocenters. The minimum atomic E-state index is -2.92. The Bertz CT molecular complexity index is 835. The van der Waals surface area contributed by atoms with Gasteiger partial charge in [-0.05, 0) is 42.0 Å². The van der Waals surface area contributed by atoms with E-state index in [1.54, 1.807) is 36.4 Å². The maximum absolute atomic E-state index is 12.4. The van der Waals surface area contributed by atoms with E-state index < -0.39 is 18.7 Å². The highest BCUT2D eigenvalue weighted by Crippen LogP contribution is 2.16. The highest BCUT2D eigenvalue weighted by molar-refractivity contribution is 6.30. The van der Waals surface area contributed by atoms with Gasteiger partial charge in [-0.15, -0.1) is 0 Å². The largest absolute Gasteiger partial charge is 0.435 e. The van der Waals surface area contributed by atoms with Crippen molar-refractivity contribution in [3.63, 3.8) is 0 Å². The molecule has 0 aromatic heterocycles. The predicted octanol–water partition coefficient (Wildman–Crippen LogP) is 2.96. The van der Waals surface area contributed by atoms with Crippen LogP contribution in [-0.4, -0.2) is 42.8 Å². The Kier molecular flexibility index (Phi) is 9.10. The Morgan fingerprint density at radius 3 is 2.43 bits per heavy atom. The smallest absolute Gasteiger partial charge is 0.387 e. The fourth-order valence-electron chi connectivity index (χ4n) is 2.36. The minimum Gasteiger partial charge on any atom is -0.435 e. The maximum Gasteiger partial charge on any atom is 0.387 e. The van der Waals surface area contributed by atoms with Crippen molar-refractivity contribution in [2.75, 3.05) is 18.5 Å². The molecule has 5 N–H and O–H groups in total. The van der Waals surface area contributed by atoms with Gasteiger partial charge >= 0.3 is 12.6 Å². The number of carbonyl (C=O) groups is 1. The molecule has 0 fully saturated rings. The molecule has 0 heterocycles. The van der Waals surface area contributed by atoms with E-state index in [2.05, 4.69) is 20.5 Å².